The topological polar surface area (TPSA) is 37.3 Å². The van der Waals surface area contributed by atoms with Gasteiger partial charge in [-0.1, -0.05) is 33.8 Å². The summed E-state index contributed by atoms with van der Waals surface area (Å²) in [7, 11) is 0. The molecule has 0 aliphatic rings. The van der Waals surface area contributed by atoms with E-state index < -0.39 is 5.97 Å². The Morgan fingerprint density at radius 2 is 1.93 bits per heavy atom. The highest BCUT2D eigenvalue weighted by Gasteiger charge is 2.18. The molecular weight excluding hydrogens is 188 g/mol. The maximum Gasteiger partial charge on any atom is 0.330 e. The van der Waals surface area contributed by atoms with E-state index in [0.29, 0.717) is 16.9 Å². The monoisotopic (exact) mass is 212 g/mol. The number of hydrogen-bond donors (Lipinski definition) is 1. The third-order valence-corrected chi connectivity index (χ3v) is 2.57. The molecule has 0 heterocycles. The molecule has 0 spiro atoms. The first kappa shape index (κ1) is 14.2. The van der Waals surface area contributed by atoms with E-state index in [1.165, 1.54) is 6.42 Å². The standard InChI is InChI=1S/C13H24O2/c1-10(2)9-13(4,5)8-6-7-11(3)12(14)15/h7,10H,6,8-9H2,1-5H3,(H,14,15). The summed E-state index contributed by atoms with van der Waals surface area (Å²) >= 11 is 0. The van der Waals surface area contributed by atoms with E-state index in [1.807, 2.05) is 6.08 Å². The molecule has 0 rings (SSSR count). The molecule has 0 amide bonds. The molecule has 0 fully saturated rings. The smallest absolute Gasteiger partial charge is 0.330 e. The Morgan fingerprint density at radius 1 is 1.40 bits per heavy atom. The molecule has 0 bridgehead atoms. The molecule has 0 aromatic carbocycles. The molecule has 0 saturated carbocycles. The molecule has 0 aromatic rings. The van der Waals surface area contributed by atoms with Crippen LogP contribution in [0.25, 0.3) is 0 Å². The number of carbonyl (C=O) groups is 1. The number of aliphatic carboxylic acids is 1. The van der Waals surface area contributed by atoms with Crippen LogP contribution in [-0.4, -0.2) is 11.1 Å². The summed E-state index contributed by atoms with van der Waals surface area (Å²) in [6.07, 6.45) is 4.92. The quantitative estimate of drug-likeness (QED) is 0.679. The highest BCUT2D eigenvalue weighted by atomic mass is 16.4. The van der Waals surface area contributed by atoms with E-state index in [4.69, 9.17) is 5.11 Å². The molecule has 0 saturated heterocycles. The first-order valence-electron chi connectivity index (χ1n) is 5.64. The predicted molar refractivity (Wildman–Crippen MR) is 63.9 cm³/mol. The highest BCUT2D eigenvalue weighted by molar-refractivity contribution is 5.85. The fraction of sp³-hybridized carbons (Fsp3) is 0.769. The van der Waals surface area contributed by atoms with Crippen LogP contribution in [-0.2, 0) is 4.79 Å². The van der Waals surface area contributed by atoms with Crippen molar-refractivity contribution >= 4 is 5.97 Å². The lowest BCUT2D eigenvalue weighted by Gasteiger charge is -2.26. The van der Waals surface area contributed by atoms with Crippen molar-refractivity contribution in [1.29, 1.82) is 0 Å². The Kier molecular flexibility index (Phi) is 5.63. The van der Waals surface area contributed by atoms with Gasteiger partial charge in [-0.05, 0) is 37.5 Å². The number of hydrogen-bond acceptors (Lipinski definition) is 1. The Morgan fingerprint density at radius 3 is 2.33 bits per heavy atom. The Balaban J connectivity index is 4.04. The zero-order valence-corrected chi connectivity index (χ0v) is 10.6. The lowest BCUT2D eigenvalue weighted by Crippen LogP contribution is -2.14. The number of allylic oxidation sites excluding steroid dienone is 1. The maximum absolute atomic E-state index is 10.6. The van der Waals surface area contributed by atoms with Crippen molar-refractivity contribution in [2.45, 2.75) is 53.9 Å². The molecule has 88 valence electrons. The molecule has 0 aliphatic heterocycles. The molecule has 0 aliphatic carbocycles. The minimum atomic E-state index is -0.809. The van der Waals surface area contributed by atoms with Crippen molar-refractivity contribution < 1.29 is 9.90 Å². The van der Waals surface area contributed by atoms with E-state index >= 15 is 0 Å². The molecular formula is C13H24O2. The Labute approximate surface area is 93.4 Å². The van der Waals surface area contributed by atoms with Gasteiger partial charge in [-0.3, -0.25) is 0 Å². The second-order valence-electron chi connectivity index (χ2n) is 5.49. The molecule has 15 heavy (non-hydrogen) atoms. The van der Waals surface area contributed by atoms with Crippen molar-refractivity contribution in [1.82, 2.24) is 0 Å². The summed E-state index contributed by atoms with van der Waals surface area (Å²) in [5.41, 5.74) is 0.763. The van der Waals surface area contributed by atoms with Crippen LogP contribution in [0.2, 0.25) is 0 Å². The normalized spacial score (nSPS) is 13.3. The van der Waals surface area contributed by atoms with Gasteiger partial charge in [0, 0.05) is 5.57 Å². The van der Waals surface area contributed by atoms with Crippen molar-refractivity contribution in [2.75, 3.05) is 0 Å². The van der Waals surface area contributed by atoms with Crippen LogP contribution in [0, 0.1) is 11.3 Å². The summed E-state index contributed by atoms with van der Waals surface area (Å²) in [4.78, 5) is 10.6. The zero-order chi connectivity index (χ0) is 12.1. The van der Waals surface area contributed by atoms with Crippen molar-refractivity contribution in [3.63, 3.8) is 0 Å². The zero-order valence-electron chi connectivity index (χ0n) is 10.6. The Bertz CT molecular complexity index is 237. The lowest BCUT2D eigenvalue weighted by atomic mass is 9.80. The largest absolute Gasteiger partial charge is 0.478 e. The van der Waals surface area contributed by atoms with Crippen LogP contribution in [0.4, 0.5) is 0 Å². The van der Waals surface area contributed by atoms with Crippen LogP contribution < -0.4 is 0 Å². The van der Waals surface area contributed by atoms with Crippen molar-refractivity contribution in [3.05, 3.63) is 11.6 Å². The van der Waals surface area contributed by atoms with Crippen LogP contribution in [0.3, 0.4) is 0 Å². The van der Waals surface area contributed by atoms with E-state index in [-0.39, 0.29) is 0 Å². The lowest BCUT2D eigenvalue weighted by molar-refractivity contribution is -0.132. The van der Waals surface area contributed by atoms with Gasteiger partial charge in [0.1, 0.15) is 0 Å². The first-order chi connectivity index (χ1) is 6.74. The summed E-state index contributed by atoms with van der Waals surface area (Å²) in [5, 5.41) is 8.69. The van der Waals surface area contributed by atoms with Gasteiger partial charge in [0.15, 0.2) is 0 Å². The summed E-state index contributed by atoms with van der Waals surface area (Å²) in [6, 6.07) is 0. The van der Waals surface area contributed by atoms with Gasteiger partial charge in [0.2, 0.25) is 0 Å². The third-order valence-electron chi connectivity index (χ3n) is 2.57. The van der Waals surface area contributed by atoms with Crippen LogP contribution in [0.1, 0.15) is 53.9 Å². The minimum Gasteiger partial charge on any atom is -0.478 e. The van der Waals surface area contributed by atoms with Gasteiger partial charge in [-0.15, -0.1) is 0 Å². The predicted octanol–water partition coefficient (Wildman–Crippen LogP) is 3.87. The minimum absolute atomic E-state index is 0.309. The molecule has 0 unspecified atom stereocenters. The number of rotatable bonds is 6. The average molecular weight is 212 g/mol. The molecule has 2 nitrogen and oxygen atoms in total. The molecule has 0 aromatic heterocycles. The Hall–Kier alpha value is -0.790. The van der Waals surface area contributed by atoms with Gasteiger partial charge < -0.3 is 5.11 Å². The molecule has 2 heteroatoms. The maximum atomic E-state index is 10.6. The number of carboxylic acid groups (broad SMARTS) is 1. The fourth-order valence-corrected chi connectivity index (χ4v) is 1.97. The van der Waals surface area contributed by atoms with Crippen molar-refractivity contribution in [3.8, 4) is 0 Å². The van der Waals surface area contributed by atoms with Gasteiger partial charge >= 0.3 is 5.97 Å². The van der Waals surface area contributed by atoms with Crippen LogP contribution in [0.5, 0.6) is 0 Å². The van der Waals surface area contributed by atoms with E-state index in [0.717, 1.165) is 12.8 Å². The van der Waals surface area contributed by atoms with Crippen LogP contribution >= 0.6 is 0 Å². The second-order valence-corrected chi connectivity index (χ2v) is 5.49. The van der Waals surface area contributed by atoms with Gasteiger partial charge in [-0.25, -0.2) is 4.79 Å². The second kappa shape index (κ2) is 5.94. The van der Waals surface area contributed by atoms with Crippen LogP contribution in [0.15, 0.2) is 11.6 Å². The van der Waals surface area contributed by atoms with Gasteiger partial charge in [0.25, 0.3) is 0 Å². The summed E-state index contributed by atoms with van der Waals surface area (Å²) in [5.74, 6) is -0.110. The summed E-state index contributed by atoms with van der Waals surface area (Å²) < 4.78 is 0. The van der Waals surface area contributed by atoms with E-state index in [1.54, 1.807) is 6.92 Å². The van der Waals surface area contributed by atoms with Crippen molar-refractivity contribution in [2.24, 2.45) is 11.3 Å². The molecule has 0 atom stereocenters. The molecule has 0 radical (unpaired) electrons. The average Bonchev–Trinajstić information content (AvgIpc) is 2.00. The first-order valence-corrected chi connectivity index (χ1v) is 5.64. The number of carboxylic acids is 1. The fourth-order valence-electron chi connectivity index (χ4n) is 1.97. The highest BCUT2D eigenvalue weighted by Crippen LogP contribution is 2.30. The SMILES string of the molecule is CC(=CCCC(C)(C)CC(C)C)C(=O)O. The van der Waals surface area contributed by atoms with E-state index in [9.17, 15) is 4.79 Å². The third kappa shape index (κ3) is 7.18. The van der Waals surface area contributed by atoms with E-state index in [2.05, 4.69) is 27.7 Å². The summed E-state index contributed by atoms with van der Waals surface area (Å²) in [6.45, 7) is 10.6. The molecule has 1 N–H and O–H groups in total. The van der Waals surface area contributed by atoms with Gasteiger partial charge in [-0.2, -0.15) is 0 Å². The van der Waals surface area contributed by atoms with Gasteiger partial charge in [0.05, 0.1) is 0 Å².